The molecule has 0 aliphatic carbocycles. The zero-order chi connectivity index (χ0) is 15.2. The van der Waals surface area contributed by atoms with Gasteiger partial charge in [0.05, 0.1) is 4.90 Å². The Hall–Kier alpha value is -1.51. The van der Waals surface area contributed by atoms with Crippen molar-refractivity contribution < 1.29 is 8.42 Å². The number of nitrogens with one attached hydrogen (secondary N) is 2. The number of anilines is 1. The molecule has 2 N–H and O–H groups in total. The normalized spacial score (nSPS) is 12.9. The van der Waals surface area contributed by atoms with E-state index in [1.165, 1.54) is 0 Å². The van der Waals surface area contributed by atoms with Gasteiger partial charge in [-0.2, -0.15) is 0 Å². The van der Waals surface area contributed by atoms with Gasteiger partial charge in [-0.3, -0.25) is 0 Å². The smallest absolute Gasteiger partial charge is 0.240 e. The van der Waals surface area contributed by atoms with Crippen LogP contribution in [0, 0.1) is 12.3 Å². The summed E-state index contributed by atoms with van der Waals surface area (Å²) in [7, 11) is -3.43. The molecule has 1 aromatic carbocycles. The lowest BCUT2D eigenvalue weighted by atomic mass is 10.1. The zero-order valence-corrected chi connectivity index (χ0v) is 13.0. The number of benzene rings is 1. The van der Waals surface area contributed by atoms with Gasteiger partial charge < -0.3 is 5.32 Å². The van der Waals surface area contributed by atoms with E-state index in [1.54, 1.807) is 38.1 Å². The summed E-state index contributed by atoms with van der Waals surface area (Å²) in [4.78, 5) is 0.266. The highest BCUT2D eigenvalue weighted by Gasteiger charge is 2.15. The molecule has 0 radical (unpaired) electrons. The molecule has 1 unspecified atom stereocenters. The van der Waals surface area contributed by atoms with Crippen LogP contribution < -0.4 is 10.0 Å². The van der Waals surface area contributed by atoms with E-state index in [1.807, 2.05) is 0 Å². The van der Waals surface area contributed by atoms with Crippen molar-refractivity contribution in [2.24, 2.45) is 0 Å². The summed E-state index contributed by atoms with van der Waals surface area (Å²) in [5.41, 5.74) is 0.871. The minimum Gasteiger partial charge on any atom is -0.381 e. The second-order valence-electron chi connectivity index (χ2n) is 4.96. The molecular weight excluding hydrogens is 272 g/mol. The van der Waals surface area contributed by atoms with E-state index in [2.05, 4.69) is 22.9 Å². The van der Waals surface area contributed by atoms with Crippen molar-refractivity contribution in [3.63, 3.8) is 0 Å². The first-order valence-corrected chi connectivity index (χ1v) is 8.19. The Balaban J connectivity index is 2.81. The Morgan fingerprint density at radius 2 is 1.85 bits per heavy atom. The van der Waals surface area contributed by atoms with Gasteiger partial charge in [0.1, 0.15) is 0 Å². The Bertz CT molecular complexity index is 557. The summed E-state index contributed by atoms with van der Waals surface area (Å²) in [6, 6.07) is 6.78. The first-order valence-electron chi connectivity index (χ1n) is 6.71. The molecule has 0 aromatic heterocycles. The van der Waals surface area contributed by atoms with Crippen molar-refractivity contribution in [2.45, 2.75) is 50.6 Å². The standard InChI is InChI=1S/C15H22N2O2S/c1-5-7-13(6-2)16-14-8-10-15(11-9-14)20(18,19)17-12(3)4/h1,8-13,16-17H,6-7H2,2-4H3. The van der Waals surface area contributed by atoms with Crippen LogP contribution in [0.25, 0.3) is 0 Å². The highest BCUT2D eigenvalue weighted by molar-refractivity contribution is 7.89. The van der Waals surface area contributed by atoms with Crippen LogP contribution in [-0.2, 0) is 10.0 Å². The third-order valence-corrected chi connectivity index (χ3v) is 4.46. The van der Waals surface area contributed by atoms with Crippen LogP contribution in [-0.4, -0.2) is 20.5 Å². The number of hydrogen-bond donors (Lipinski definition) is 2. The molecule has 110 valence electrons. The SMILES string of the molecule is C#CCC(CC)Nc1ccc(S(=O)(=O)NC(C)C)cc1. The quantitative estimate of drug-likeness (QED) is 0.760. The summed E-state index contributed by atoms with van der Waals surface area (Å²) < 4.78 is 26.5. The Morgan fingerprint density at radius 3 is 2.30 bits per heavy atom. The van der Waals surface area contributed by atoms with E-state index in [0.717, 1.165) is 12.1 Å². The average molecular weight is 294 g/mol. The van der Waals surface area contributed by atoms with Crippen LogP contribution in [0.2, 0.25) is 0 Å². The Kier molecular flexibility index (Phi) is 6.05. The lowest BCUT2D eigenvalue weighted by Crippen LogP contribution is -2.30. The summed E-state index contributed by atoms with van der Waals surface area (Å²) in [5.74, 6) is 2.63. The van der Waals surface area contributed by atoms with Gasteiger partial charge in [-0.05, 0) is 44.5 Å². The van der Waals surface area contributed by atoms with Gasteiger partial charge in [-0.1, -0.05) is 6.92 Å². The van der Waals surface area contributed by atoms with Gasteiger partial charge >= 0.3 is 0 Å². The van der Waals surface area contributed by atoms with E-state index in [0.29, 0.717) is 6.42 Å². The van der Waals surface area contributed by atoms with Crippen molar-refractivity contribution in [1.82, 2.24) is 4.72 Å². The second-order valence-corrected chi connectivity index (χ2v) is 6.67. The molecule has 0 heterocycles. The highest BCUT2D eigenvalue weighted by Crippen LogP contribution is 2.16. The summed E-state index contributed by atoms with van der Waals surface area (Å²) in [5, 5.41) is 3.29. The monoisotopic (exact) mass is 294 g/mol. The lowest BCUT2D eigenvalue weighted by Gasteiger charge is -2.16. The van der Waals surface area contributed by atoms with Crippen molar-refractivity contribution in [3.8, 4) is 12.3 Å². The van der Waals surface area contributed by atoms with Gasteiger partial charge in [0, 0.05) is 24.2 Å². The molecule has 1 aromatic rings. The van der Waals surface area contributed by atoms with Crippen LogP contribution in [0.1, 0.15) is 33.6 Å². The van der Waals surface area contributed by atoms with Gasteiger partial charge in [-0.25, -0.2) is 13.1 Å². The largest absolute Gasteiger partial charge is 0.381 e. The number of sulfonamides is 1. The van der Waals surface area contributed by atoms with E-state index < -0.39 is 10.0 Å². The first kappa shape index (κ1) is 16.5. The molecule has 0 spiro atoms. The zero-order valence-electron chi connectivity index (χ0n) is 12.2. The molecule has 0 bridgehead atoms. The molecule has 1 rings (SSSR count). The Morgan fingerprint density at radius 1 is 1.25 bits per heavy atom. The van der Waals surface area contributed by atoms with E-state index >= 15 is 0 Å². The fraction of sp³-hybridized carbons (Fsp3) is 0.467. The molecule has 0 aliphatic heterocycles. The summed E-state index contributed by atoms with van der Waals surface area (Å²) >= 11 is 0. The van der Waals surface area contributed by atoms with Gasteiger partial charge in [0.2, 0.25) is 10.0 Å². The molecule has 0 fully saturated rings. The van der Waals surface area contributed by atoms with Crippen LogP contribution >= 0.6 is 0 Å². The maximum Gasteiger partial charge on any atom is 0.240 e. The minimum absolute atomic E-state index is 0.127. The maximum absolute atomic E-state index is 12.0. The summed E-state index contributed by atoms with van der Waals surface area (Å²) in [6.07, 6.45) is 6.87. The van der Waals surface area contributed by atoms with E-state index in [4.69, 9.17) is 6.42 Å². The van der Waals surface area contributed by atoms with Gasteiger partial charge in [0.15, 0.2) is 0 Å². The molecule has 1 atom stereocenters. The first-order chi connectivity index (χ1) is 9.39. The molecular formula is C15H22N2O2S. The maximum atomic E-state index is 12.0. The molecule has 0 aliphatic rings. The molecule has 0 amide bonds. The molecule has 0 saturated heterocycles. The number of terminal acetylenes is 1. The number of rotatable bonds is 7. The van der Waals surface area contributed by atoms with Crippen LogP contribution in [0.3, 0.4) is 0 Å². The molecule has 0 saturated carbocycles. The molecule has 4 nitrogen and oxygen atoms in total. The third kappa shape index (κ3) is 4.87. The van der Waals surface area contributed by atoms with E-state index in [-0.39, 0.29) is 17.0 Å². The Labute approximate surface area is 122 Å². The van der Waals surface area contributed by atoms with Crippen LogP contribution in [0.4, 0.5) is 5.69 Å². The van der Waals surface area contributed by atoms with E-state index in [9.17, 15) is 8.42 Å². The third-order valence-electron chi connectivity index (χ3n) is 2.78. The molecule has 5 heteroatoms. The fourth-order valence-electron chi connectivity index (χ4n) is 1.78. The van der Waals surface area contributed by atoms with Gasteiger partial charge in [-0.15, -0.1) is 12.3 Å². The van der Waals surface area contributed by atoms with Crippen LogP contribution in [0.15, 0.2) is 29.2 Å². The second kappa shape index (κ2) is 7.32. The minimum atomic E-state index is -3.43. The topological polar surface area (TPSA) is 58.2 Å². The number of hydrogen-bond acceptors (Lipinski definition) is 3. The fourth-order valence-corrected chi connectivity index (χ4v) is 3.04. The highest BCUT2D eigenvalue weighted by atomic mass is 32.2. The van der Waals surface area contributed by atoms with Crippen molar-refractivity contribution in [1.29, 1.82) is 0 Å². The molecule has 20 heavy (non-hydrogen) atoms. The predicted molar refractivity (Wildman–Crippen MR) is 83.1 cm³/mol. The lowest BCUT2D eigenvalue weighted by molar-refractivity contribution is 0.570. The predicted octanol–water partition coefficient (Wildman–Crippen LogP) is 2.59. The van der Waals surface area contributed by atoms with Crippen LogP contribution in [0.5, 0.6) is 0 Å². The summed E-state index contributed by atoms with van der Waals surface area (Å²) in [6.45, 7) is 5.64. The van der Waals surface area contributed by atoms with Crippen molar-refractivity contribution in [2.75, 3.05) is 5.32 Å². The van der Waals surface area contributed by atoms with Crippen molar-refractivity contribution in [3.05, 3.63) is 24.3 Å². The van der Waals surface area contributed by atoms with Crippen molar-refractivity contribution >= 4 is 15.7 Å². The average Bonchev–Trinajstić information content (AvgIpc) is 2.37. The van der Waals surface area contributed by atoms with Gasteiger partial charge in [0.25, 0.3) is 0 Å².